The minimum Gasteiger partial charge on any atom is -0.383 e. The van der Waals surface area contributed by atoms with E-state index in [1.807, 2.05) is 13.8 Å². The molecule has 6 heteroatoms. The fraction of sp³-hybridized carbons (Fsp3) is 0.714. The number of amides is 1. The molecule has 0 heterocycles. The molecule has 0 radical (unpaired) electrons. The molecule has 0 rings (SSSR count). The molecule has 1 atom stereocenters. The van der Waals surface area contributed by atoms with Gasteiger partial charge < -0.3 is 10.4 Å². The van der Waals surface area contributed by atoms with Crippen molar-refractivity contribution in [2.75, 3.05) is 0 Å². The fourth-order valence-corrected chi connectivity index (χ4v) is 0.808. The van der Waals surface area contributed by atoms with Gasteiger partial charge in [0.25, 0.3) is 5.91 Å². The Hall–Kier alpha value is -0.880. The highest BCUT2D eigenvalue weighted by atomic mass is 32.1. The summed E-state index contributed by atoms with van der Waals surface area (Å²) in [6.45, 7) is 5.21. The molecule has 0 aromatic carbocycles. The van der Waals surface area contributed by atoms with Crippen LogP contribution in [0.3, 0.4) is 0 Å². The maximum atomic E-state index is 10.8. The Balaban J connectivity index is 3.64. The predicted octanol–water partition coefficient (Wildman–Crippen LogP) is -0.729. The largest absolute Gasteiger partial charge is 0.383 e. The van der Waals surface area contributed by atoms with Gasteiger partial charge in [0.2, 0.25) is 0 Å². The van der Waals surface area contributed by atoms with E-state index in [-0.39, 0.29) is 6.04 Å². The van der Waals surface area contributed by atoms with Crippen LogP contribution in [0.15, 0.2) is 0 Å². The Kier molecular flexibility index (Phi) is 5.33. The van der Waals surface area contributed by atoms with Gasteiger partial charge in [-0.1, -0.05) is 0 Å². The summed E-state index contributed by atoms with van der Waals surface area (Å²) in [6, 6.07) is 0.198. The number of hydrogen-bond donors (Lipinski definition) is 4. The maximum absolute atomic E-state index is 10.8. The van der Waals surface area contributed by atoms with Gasteiger partial charge in [-0.2, -0.15) is 0 Å². The molecule has 13 heavy (non-hydrogen) atoms. The standard InChI is InChI=1S/C7H15N3O2S/c1-4(2)8-7(13)10-9-6(12)5(3)11/h4-5,11H,1-3H3,(H,9,12)(H2,8,10,13)/t5-/m1/s1. The molecule has 0 saturated carbocycles. The van der Waals surface area contributed by atoms with Crippen LogP contribution < -0.4 is 16.2 Å². The Labute approximate surface area is 82.9 Å². The third-order valence-electron chi connectivity index (χ3n) is 1.10. The minimum absolute atomic E-state index is 0.198. The van der Waals surface area contributed by atoms with Gasteiger partial charge >= 0.3 is 0 Å². The molecule has 0 unspecified atom stereocenters. The molecule has 0 aromatic heterocycles. The second-order valence-corrected chi connectivity index (χ2v) is 3.33. The Bertz CT molecular complexity index is 194. The maximum Gasteiger partial charge on any atom is 0.266 e. The molecule has 0 aliphatic rings. The third-order valence-corrected chi connectivity index (χ3v) is 1.32. The van der Waals surface area contributed by atoms with E-state index < -0.39 is 12.0 Å². The third kappa shape index (κ3) is 6.30. The molecule has 76 valence electrons. The Morgan fingerprint density at radius 1 is 1.31 bits per heavy atom. The summed E-state index contributed by atoms with van der Waals surface area (Å²) in [4.78, 5) is 10.8. The second-order valence-electron chi connectivity index (χ2n) is 2.92. The summed E-state index contributed by atoms with van der Waals surface area (Å²) in [5.74, 6) is -0.520. The van der Waals surface area contributed by atoms with Crippen molar-refractivity contribution in [1.82, 2.24) is 16.2 Å². The lowest BCUT2D eigenvalue weighted by Crippen LogP contribution is -2.50. The monoisotopic (exact) mass is 205 g/mol. The van der Waals surface area contributed by atoms with Crippen LogP contribution in [0.1, 0.15) is 20.8 Å². The van der Waals surface area contributed by atoms with Crippen LogP contribution >= 0.6 is 12.2 Å². The van der Waals surface area contributed by atoms with Crippen LogP contribution in [0.2, 0.25) is 0 Å². The summed E-state index contributed by atoms with van der Waals surface area (Å²) in [7, 11) is 0. The average Bonchev–Trinajstić information content (AvgIpc) is 1.98. The molecule has 0 aromatic rings. The van der Waals surface area contributed by atoms with E-state index in [0.29, 0.717) is 5.11 Å². The SMILES string of the molecule is CC(C)NC(=S)NNC(=O)[C@@H](C)O. The summed E-state index contributed by atoms with van der Waals surface area (Å²) < 4.78 is 0. The van der Waals surface area contributed by atoms with Crippen LogP contribution in [-0.2, 0) is 4.79 Å². The summed E-state index contributed by atoms with van der Waals surface area (Å²) in [6.07, 6.45) is -1.05. The van der Waals surface area contributed by atoms with Crippen LogP contribution in [0, 0.1) is 0 Å². The topological polar surface area (TPSA) is 73.4 Å². The summed E-state index contributed by atoms with van der Waals surface area (Å²) in [5, 5.41) is 12.0. The number of aliphatic hydroxyl groups is 1. The van der Waals surface area contributed by atoms with E-state index >= 15 is 0 Å². The van der Waals surface area contributed by atoms with E-state index in [9.17, 15) is 4.79 Å². The molecule has 0 aliphatic heterocycles. The number of hydrogen-bond acceptors (Lipinski definition) is 3. The highest BCUT2D eigenvalue weighted by Crippen LogP contribution is 1.78. The number of nitrogens with one attached hydrogen (secondary N) is 3. The van der Waals surface area contributed by atoms with E-state index in [1.165, 1.54) is 6.92 Å². The number of thiocarbonyl (C=S) groups is 1. The quantitative estimate of drug-likeness (QED) is 0.353. The van der Waals surface area contributed by atoms with Crippen molar-refractivity contribution in [1.29, 1.82) is 0 Å². The van der Waals surface area contributed by atoms with Gasteiger partial charge in [0.05, 0.1) is 0 Å². The zero-order chi connectivity index (χ0) is 10.4. The van der Waals surface area contributed by atoms with Gasteiger partial charge in [-0.05, 0) is 33.0 Å². The van der Waals surface area contributed by atoms with Crippen LogP contribution in [-0.4, -0.2) is 28.3 Å². The van der Waals surface area contributed by atoms with E-state index in [0.717, 1.165) is 0 Å². The van der Waals surface area contributed by atoms with Crippen molar-refractivity contribution in [2.24, 2.45) is 0 Å². The minimum atomic E-state index is -1.05. The number of aliphatic hydroxyl groups excluding tert-OH is 1. The number of carbonyl (C=O) groups is 1. The van der Waals surface area contributed by atoms with Gasteiger partial charge in [0.1, 0.15) is 6.10 Å². The zero-order valence-corrected chi connectivity index (χ0v) is 8.73. The molecule has 4 N–H and O–H groups in total. The van der Waals surface area contributed by atoms with Crippen molar-refractivity contribution >= 4 is 23.2 Å². The van der Waals surface area contributed by atoms with Crippen LogP contribution in [0.4, 0.5) is 0 Å². The van der Waals surface area contributed by atoms with Gasteiger partial charge in [0.15, 0.2) is 5.11 Å². The van der Waals surface area contributed by atoms with Crippen molar-refractivity contribution in [3.8, 4) is 0 Å². The van der Waals surface area contributed by atoms with Crippen LogP contribution in [0.25, 0.3) is 0 Å². The van der Waals surface area contributed by atoms with Gasteiger partial charge in [-0.25, -0.2) is 0 Å². The highest BCUT2D eigenvalue weighted by molar-refractivity contribution is 7.80. The molecule has 5 nitrogen and oxygen atoms in total. The molecule has 1 amide bonds. The molecule has 0 bridgehead atoms. The molecule has 0 aliphatic carbocycles. The highest BCUT2D eigenvalue weighted by Gasteiger charge is 2.07. The number of hydrazine groups is 1. The van der Waals surface area contributed by atoms with Crippen molar-refractivity contribution < 1.29 is 9.90 Å². The summed E-state index contributed by atoms with van der Waals surface area (Å²) >= 11 is 4.82. The predicted molar refractivity (Wildman–Crippen MR) is 53.8 cm³/mol. The fourth-order valence-electron chi connectivity index (χ4n) is 0.521. The molecule has 0 saturated heterocycles. The van der Waals surface area contributed by atoms with Gasteiger partial charge in [-0.15, -0.1) is 0 Å². The molecule has 0 spiro atoms. The first kappa shape index (κ1) is 12.1. The average molecular weight is 205 g/mol. The summed E-state index contributed by atoms with van der Waals surface area (Å²) in [5.41, 5.74) is 4.70. The smallest absolute Gasteiger partial charge is 0.266 e. The first-order chi connectivity index (χ1) is 5.93. The van der Waals surface area contributed by atoms with Crippen molar-refractivity contribution in [3.05, 3.63) is 0 Å². The molecule has 0 fully saturated rings. The van der Waals surface area contributed by atoms with Gasteiger partial charge in [0, 0.05) is 6.04 Å². The number of carbonyl (C=O) groups excluding carboxylic acids is 1. The normalized spacial score (nSPS) is 12.1. The Morgan fingerprint density at radius 3 is 2.23 bits per heavy atom. The zero-order valence-electron chi connectivity index (χ0n) is 7.92. The molecular formula is C7H15N3O2S. The lowest BCUT2D eigenvalue weighted by atomic mass is 10.4. The van der Waals surface area contributed by atoms with Gasteiger partial charge in [-0.3, -0.25) is 15.6 Å². The lowest BCUT2D eigenvalue weighted by Gasteiger charge is -2.14. The Morgan fingerprint density at radius 2 is 1.85 bits per heavy atom. The van der Waals surface area contributed by atoms with Crippen molar-refractivity contribution in [3.63, 3.8) is 0 Å². The second kappa shape index (κ2) is 5.71. The van der Waals surface area contributed by atoms with E-state index in [4.69, 9.17) is 17.3 Å². The van der Waals surface area contributed by atoms with E-state index in [2.05, 4.69) is 16.2 Å². The molecular weight excluding hydrogens is 190 g/mol. The van der Waals surface area contributed by atoms with Crippen LogP contribution in [0.5, 0.6) is 0 Å². The lowest BCUT2D eigenvalue weighted by molar-refractivity contribution is -0.129. The first-order valence-corrected chi connectivity index (χ1v) is 4.38. The van der Waals surface area contributed by atoms with Crippen molar-refractivity contribution in [2.45, 2.75) is 32.9 Å². The first-order valence-electron chi connectivity index (χ1n) is 3.98. The van der Waals surface area contributed by atoms with E-state index in [1.54, 1.807) is 0 Å². The number of rotatable bonds is 2.